The predicted octanol–water partition coefficient (Wildman–Crippen LogP) is 4.71. The highest BCUT2D eigenvalue weighted by atomic mass is 32.2. The minimum atomic E-state index is -0.146. The quantitative estimate of drug-likeness (QED) is 0.373. The molecule has 5 rings (SSSR count). The molecule has 37 heavy (non-hydrogen) atoms. The van der Waals surface area contributed by atoms with Gasteiger partial charge >= 0.3 is 0 Å². The van der Waals surface area contributed by atoms with Gasteiger partial charge in [-0.05, 0) is 70.8 Å². The zero-order valence-corrected chi connectivity index (χ0v) is 23.0. The van der Waals surface area contributed by atoms with Crippen molar-refractivity contribution in [3.8, 4) is 0 Å². The number of carbonyl (C=O) groups is 1. The van der Waals surface area contributed by atoms with Gasteiger partial charge in [0.15, 0.2) is 0 Å². The van der Waals surface area contributed by atoms with Gasteiger partial charge in [-0.15, -0.1) is 11.8 Å². The third-order valence-corrected chi connectivity index (χ3v) is 9.03. The van der Waals surface area contributed by atoms with Crippen LogP contribution in [0.3, 0.4) is 0 Å². The Balaban J connectivity index is 1.36. The number of carbonyl (C=O) groups excluding carboxylic acids is 1. The molecule has 2 fully saturated rings. The fourth-order valence-electron chi connectivity index (χ4n) is 6.14. The number of para-hydroxylation sites is 1. The van der Waals surface area contributed by atoms with E-state index in [1.165, 1.54) is 37.4 Å². The molecule has 1 saturated heterocycles. The second-order valence-corrected chi connectivity index (χ2v) is 11.5. The Morgan fingerprint density at radius 2 is 1.89 bits per heavy atom. The number of pyridine rings is 1. The number of thioether (sulfide) groups is 1. The van der Waals surface area contributed by atoms with Gasteiger partial charge in [-0.1, -0.05) is 18.2 Å². The van der Waals surface area contributed by atoms with Crippen LogP contribution >= 0.6 is 11.8 Å². The number of benzene rings is 1. The number of nitrogens with zero attached hydrogens (tertiary/aromatic N) is 1. The molecule has 2 aliphatic rings. The number of H-pyrrole nitrogens is 1. The standard InChI is InChI=1S/C29H38N4O3S/c1-17-13-26(37-4)24(28(34)31-17)14-30-29(35)27-19(3)33(25-8-6-5-7-23(25)27)18(2)20-9-11-21(12-10-20)32-22-15-36-16-22/h5-8,13,18,20-22,32H,9-12,14-16H2,1-4H3,(H,30,35)(H,31,34). The summed E-state index contributed by atoms with van der Waals surface area (Å²) >= 11 is 1.52. The fraction of sp³-hybridized carbons (Fsp3) is 0.517. The average molecular weight is 523 g/mol. The Kier molecular flexibility index (Phi) is 7.79. The minimum Gasteiger partial charge on any atom is -0.378 e. The first kappa shape index (κ1) is 26.1. The Morgan fingerprint density at radius 1 is 1.16 bits per heavy atom. The van der Waals surface area contributed by atoms with E-state index in [9.17, 15) is 9.59 Å². The van der Waals surface area contributed by atoms with Crippen LogP contribution in [0.4, 0.5) is 0 Å². The summed E-state index contributed by atoms with van der Waals surface area (Å²) in [5.74, 6) is 0.429. The van der Waals surface area contributed by atoms with Crippen molar-refractivity contribution in [2.75, 3.05) is 19.5 Å². The molecule has 1 aromatic carbocycles. The largest absolute Gasteiger partial charge is 0.378 e. The summed E-state index contributed by atoms with van der Waals surface area (Å²) < 4.78 is 7.69. The highest BCUT2D eigenvalue weighted by Gasteiger charge is 2.31. The number of aryl methyl sites for hydroxylation is 1. The van der Waals surface area contributed by atoms with E-state index in [4.69, 9.17) is 4.74 Å². The zero-order valence-electron chi connectivity index (χ0n) is 22.2. The summed E-state index contributed by atoms with van der Waals surface area (Å²) in [7, 11) is 0. The smallest absolute Gasteiger partial charge is 0.254 e. The maximum Gasteiger partial charge on any atom is 0.254 e. The molecule has 198 valence electrons. The van der Waals surface area contributed by atoms with Crippen molar-refractivity contribution in [3.05, 3.63) is 63.2 Å². The van der Waals surface area contributed by atoms with Crippen molar-refractivity contribution in [1.29, 1.82) is 0 Å². The van der Waals surface area contributed by atoms with E-state index in [1.807, 2.05) is 37.4 Å². The molecule has 1 aliphatic heterocycles. The van der Waals surface area contributed by atoms with E-state index in [2.05, 4.69) is 40.1 Å². The van der Waals surface area contributed by atoms with E-state index in [1.54, 1.807) is 0 Å². The molecule has 0 bridgehead atoms. The molecule has 1 amide bonds. The third-order valence-electron chi connectivity index (χ3n) is 8.23. The molecule has 0 spiro atoms. The van der Waals surface area contributed by atoms with Crippen LogP contribution in [0.1, 0.15) is 66.0 Å². The van der Waals surface area contributed by atoms with Gasteiger partial charge in [-0.2, -0.15) is 0 Å². The number of nitrogens with one attached hydrogen (secondary N) is 3. The van der Waals surface area contributed by atoms with Crippen LogP contribution in [-0.2, 0) is 11.3 Å². The lowest BCUT2D eigenvalue weighted by Gasteiger charge is -2.37. The molecule has 0 radical (unpaired) electrons. The van der Waals surface area contributed by atoms with E-state index in [0.29, 0.717) is 35.2 Å². The van der Waals surface area contributed by atoms with Crippen LogP contribution in [0.5, 0.6) is 0 Å². The van der Waals surface area contributed by atoms with Crippen molar-refractivity contribution in [2.45, 2.75) is 76.0 Å². The zero-order chi connectivity index (χ0) is 26.1. The number of aromatic nitrogens is 2. The number of rotatable bonds is 8. The topological polar surface area (TPSA) is 88.2 Å². The lowest BCUT2D eigenvalue weighted by Crippen LogP contribution is -2.51. The monoisotopic (exact) mass is 522 g/mol. The van der Waals surface area contributed by atoms with Gasteiger partial charge in [0.2, 0.25) is 0 Å². The van der Waals surface area contributed by atoms with Crippen LogP contribution < -0.4 is 16.2 Å². The number of ether oxygens (including phenoxy) is 1. The van der Waals surface area contributed by atoms with Gasteiger partial charge in [-0.3, -0.25) is 9.59 Å². The first-order chi connectivity index (χ1) is 17.9. The third kappa shape index (κ3) is 5.24. The van der Waals surface area contributed by atoms with Gasteiger partial charge in [-0.25, -0.2) is 0 Å². The number of amides is 1. The second kappa shape index (κ2) is 11.1. The molecule has 2 aromatic heterocycles. The molecule has 3 N–H and O–H groups in total. The number of fused-ring (bicyclic) bond motifs is 1. The van der Waals surface area contributed by atoms with Gasteiger partial charge in [0.05, 0.1) is 24.8 Å². The second-order valence-electron chi connectivity index (χ2n) is 10.6. The van der Waals surface area contributed by atoms with Crippen molar-refractivity contribution in [3.63, 3.8) is 0 Å². The lowest BCUT2D eigenvalue weighted by molar-refractivity contribution is -0.0130. The maximum absolute atomic E-state index is 13.6. The molecule has 1 saturated carbocycles. The van der Waals surface area contributed by atoms with Gasteiger partial charge in [0.1, 0.15) is 0 Å². The lowest BCUT2D eigenvalue weighted by atomic mass is 9.81. The van der Waals surface area contributed by atoms with Crippen LogP contribution in [0.2, 0.25) is 0 Å². The van der Waals surface area contributed by atoms with Gasteiger partial charge < -0.3 is 24.9 Å². The molecule has 8 heteroatoms. The van der Waals surface area contributed by atoms with Crippen LogP contribution in [0, 0.1) is 19.8 Å². The SMILES string of the molecule is CSc1cc(C)[nH]c(=O)c1CNC(=O)c1c(C)n(C(C)C2CCC(NC3COC3)CC2)c2ccccc12. The Labute approximate surface area is 222 Å². The first-order valence-electron chi connectivity index (χ1n) is 13.4. The Bertz CT molecular complexity index is 1330. The normalized spacial score (nSPS) is 21.1. The van der Waals surface area contributed by atoms with E-state index in [0.717, 1.165) is 40.4 Å². The summed E-state index contributed by atoms with van der Waals surface area (Å²) in [5, 5.41) is 7.76. The molecule has 1 unspecified atom stereocenters. The molecule has 1 aliphatic carbocycles. The van der Waals surface area contributed by atoms with E-state index in [-0.39, 0.29) is 18.0 Å². The van der Waals surface area contributed by atoms with Crippen molar-refractivity contribution < 1.29 is 9.53 Å². The maximum atomic E-state index is 13.6. The summed E-state index contributed by atoms with van der Waals surface area (Å²) in [4.78, 5) is 29.9. The van der Waals surface area contributed by atoms with Crippen LogP contribution in [-0.4, -0.2) is 47.0 Å². The van der Waals surface area contributed by atoms with Crippen molar-refractivity contribution in [2.24, 2.45) is 5.92 Å². The minimum absolute atomic E-state index is 0.137. The van der Waals surface area contributed by atoms with Crippen LogP contribution in [0.15, 0.2) is 40.0 Å². The van der Waals surface area contributed by atoms with E-state index < -0.39 is 0 Å². The molecule has 7 nitrogen and oxygen atoms in total. The molecular formula is C29H38N4O3S. The molecular weight excluding hydrogens is 484 g/mol. The number of aromatic amines is 1. The van der Waals surface area contributed by atoms with Gasteiger partial charge in [0, 0.05) is 51.4 Å². The van der Waals surface area contributed by atoms with E-state index >= 15 is 0 Å². The fourth-order valence-corrected chi connectivity index (χ4v) is 6.85. The number of hydrogen-bond acceptors (Lipinski definition) is 5. The summed E-state index contributed by atoms with van der Waals surface area (Å²) in [6, 6.07) is 11.6. The summed E-state index contributed by atoms with van der Waals surface area (Å²) in [6.45, 7) is 8.10. The highest BCUT2D eigenvalue weighted by Crippen LogP contribution is 2.38. The molecule has 3 heterocycles. The summed E-state index contributed by atoms with van der Waals surface area (Å²) in [5.41, 5.74) is 4.06. The number of hydrogen-bond donors (Lipinski definition) is 3. The molecule has 3 aromatic rings. The summed E-state index contributed by atoms with van der Waals surface area (Å²) in [6.07, 6.45) is 6.66. The van der Waals surface area contributed by atoms with Crippen molar-refractivity contribution >= 4 is 28.6 Å². The van der Waals surface area contributed by atoms with Gasteiger partial charge in [0.25, 0.3) is 11.5 Å². The van der Waals surface area contributed by atoms with Crippen molar-refractivity contribution in [1.82, 2.24) is 20.2 Å². The Hall–Kier alpha value is -2.55. The predicted molar refractivity (Wildman–Crippen MR) is 150 cm³/mol. The highest BCUT2D eigenvalue weighted by molar-refractivity contribution is 7.98. The first-order valence-corrected chi connectivity index (χ1v) is 14.6. The average Bonchev–Trinajstić information content (AvgIpc) is 3.16. The Morgan fingerprint density at radius 3 is 2.57 bits per heavy atom. The molecule has 1 atom stereocenters. The van der Waals surface area contributed by atoms with Crippen LogP contribution in [0.25, 0.3) is 10.9 Å².